The van der Waals surface area contributed by atoms with Crippen molar-refractivity contribution in [2.45, 2.75) is 25.2 Å². The first-order chi connectivity index (χ1) is 12.7. The highest BCUT2D eigenvalue weighted by molar-refractivity contribution is 7.89. The fourth-order valence-corrected chi connectivity index (χ4v) is 3.90. The van der Waals surface area contributed by atoms with Crippen molar-refractivity contribution in [3.63, 3.8) is 0 Å². The molecule has 1 amide bonds. The Labute approximate surface area is 160 Å². The third-order valence-electron chi connectivity index (χ3n) is 4.31. The van der Waals surface area contributed by atoms with Gasteiger partial charge in [-0.25, -0.2) is 13.1 Å². The third kappa shape index (κ3) is 5.51. The molecule has 0 bridgehead atoms. The highest BCUT2D eigenvalue weighted by Gasteiger charge is 2.20. The summed E-state index contributed by atoms with van der Waals surface area (Å²) in [6, 6.07) is 6.99. The molecule has 1 aromatic carbocycles. The maximum Gasteiger partial charge on any atom is 0.241 e. The molecule has 7 nitrogen and oxygen atoms in total. The van der Waals surface area contributed by atoms with Crippen molar-refractivity contribution in [1.29, 1.82) is 0 Å². The molecular weight excluding hydrogens is 366 g/mol. The summed E-state index contributed by atoms with van der Waals surface area (Å²) >= 11 is 0. The predicted octanol–water partition coefficient (Wildman–Crippen LogP) is 1.69. The number of methoxy groups -OCH3 is 1. The number of pyridine rings is 1. The molecule has 8 heteroatoms. The molecule has 0 radical (unpaired) electrons. The van der Waals surface area contributed by atoms with Gasteiger partial charge in [0.25, 0.3) is 0 Å². The van der Waals surface area contributed by atoms with Crippen LogP contribution in [0.25, 0.3) is 0 Å². The summed E-state index contributed by atoms with van der Waals surface area (Å²) in [6.07, 6.45) is 4.07. The molecule has 146 valence electrons. The first-order valence-corrected chi connectivity index (χ1v) is 10.0. The maximum absolute atomic E-state index is 12.6. The van der Waals surface area contributed by atoms with Crippen LogP contribution in [0.1, 0.15) is 16.7 Å². The van der Waals surface area contributed by atoms with Crippen molar-refractivity contribution >= 4 is 15.9 Å². The summed E-state index contributed by atoms with van der Waals surface area (Å²) in [5.74, 6) is 0.328. The molecule has 0 saturated carbocycles. The third-order valence-corrected chi connectivity index (χ3v) is 5.85. The van der Waals surface area contributed by atoms with Gasteiger partial charge in [0.1, 0.15) is 5.75 Å². The number of amides is 1. The highest BCUT2D eigenvalue weighted by Crippen LogP contribution is 2.25. The van der Waals surface area contributed by atoms with E-state index in [0.29, 0.717) is 29.8 Å². The number of rotatable bonds is 8. The van der Waals surface area contributed by atoms with Gasteiger partial charge in [-0.2, -0.15) is 0 Å². The van der Waals surface area contributed by atoms with E-state index in [1.54, 1.807) is 45.4 Å². The first kappa shape index (κ1) is 20.9. The van der Waals surface area contributed by atoms with Crippen molar-refractivity contribution in [3.8, 4) is 5.75 Å². The summed E-state index contributed by atoms with van der Waals surface area (Å²) in [5, 5.41) is 0. The Balaban J connectivity index is 1.98. The molecule has 0 aliphatic rings. The number of hydrogen-bond donors (Lipinski definition) is 1. The van der Waals surface area contributed by atoms with Crippen LogP contribution in [0.2, 0.25) is 0 Å². The Morgan fingerprint density at radius 2 is 1.85 bits per heavy atom. The highest BCUT2D eigenvalue weighted by atomic mass is 32.2. The largest absolute Gasteiger partial charge is 0.496 e. The molecular formula is C19H25N3O4S. The van der Waals surface area contributed by atoms with Crippen LogP contribution in [0.4, 0.5) is 0 Å². The van der Waals surface area contributed by atoms with Gasteiger partial charge in [-0.3, -0.25) is 9.78 Å². The van der Waals surface area contributed by atoms with E-state index < -0.39 is 10.0 Å². The van der Waals surface area contributed by atoms with Gasteiger partial charge in [-0.05, 0) is 61.2 Å². The van der Waals surface area contributed by atoms with E-state index in [9.17, 15) is 13.2 Å². The minimum absolute atomic E-state index is 0.146. The van der Waals surface area contributed by atoms with Crippen molar-refractivity contribution in [2.75, 3.05) is 27.2 Å². The van der Waals surface area contributed by atoms with E-state index in [1.165, 1.54) is 12.0 Å². The second kappa shape index (κ2) is 8.96. The lowest BCUT2D eigenvalue weighted by molar-refractivity contribution is -0.128. The number of nitrogens with zero attached hydrogens (tertiary/aromatic N) is 2. The van der Waals surface area contributed by atoms with Crippen LogP contribution < -0.4 is 9.46 Å². The molecule has 0 spiro atoms. The standard InChI is InChI=1S/C19H25N3O4S/c1-14-12-18(15(2)11-17(14)26-4)27(24,25)21-13-19(23)22(3)10-7-16-5-8-20-9-6-16/h5-6,8-9,11-12,21H,7,10,13H2,1-4H3. The summed E-state index contributed by atoms with van der Waals surface area (Å²) < 4.78 is 32.8. The predicted molar refractivity (Wildman–Crippen MR) is 103 cm³/mol. The van der Waals surface area contributed by atoms with E-state index >= 15 is 0 Å². The van der Waals surface area contributed by atoms with Crippen LogP contribution in [0.5, 0.6) is 5.75 Å². The van der Waals surface area contributed by atoms with E-state index in [1.807, 2.05) is 12.1 Å². The van der Waals surface area contributed by atoms with Gasteiger partial charge < -0.3 is 9.64 Å². The monoisotopic (exact) mass is 391 g/mol. The smallest absolute Gasteiger partial charge is 0.241 e. The van der Waals surface area contributed by atoms with Gasteiger partial charge in [-0.15, -0.1) is 0 Å². The van der Waals surface area contributed by atoms with Gasteiger partial charge >= 0.3 is 0 Å². The number of carbonyl (C=O) groups is 1. The zero-order chi connectivity index (χ0) is 20.0. The van der Waals surface area contributed by atoms with E-state index in [0.717, 1.165) is 5.56 Å². The molecule has 0 aliphatic heterocycles. The summed E-state index contributed by atoms with van der Waals surface area (Å²) in [6.45, 7) is 3.67. The Morgan fingerprint density at radius 3 is 2.48 bits per heavy atom. The fraction of sp³-hybridized carbons (Fsp3) is 0.368. The second-order valence-electron chi connectivity index (χ2n) is 6.33. The number of benzene rings is 1. The quantitative estimate of drug-likeness (QED) is 0.740. The number of sulfonamides is 1. The second-order valence-corrected chi connectivity index (χ2v) is 8.07. The number of hydrogen-bond acceptors (Lipinski definition) is 5. The van der Waals surface area contributed by atoms with Crippen LogP contribution in [-0.4, -0.2) is 51.5 Å². The SMILES string of the molecule is COc1cc(C)c(S(=O)(=O)NCC(=O)N(C)CCc2ccncc2)cc1C. The van der Waals surface area contributed by atoms with Gasteiger partial charge in [0.05, 0.1) is 18.6 Å². The van der Waals surface area contributed by atoms with Gasteiger partial charge in [0.2, 0.25) is 15.9 Å². The van der Waals surface area contributed by atoms with Gasteiger partial charge in [0.15, 0.2) is 0 Å². The molecule has 1 aromatic heterocycles. The van der Waals surface area contributed by atoms with Crippen LogP contribution in [-0.2, 0) is 21.2 Å². The average Bonchev–Trinajstić information content (AvgIpc) is 2.66. The number of carbonyl (C=O) groups excluding carboxylic acids is 1. The minimum Gasteiger partial charge on any atom is -0.496 e. The van der Waals surface area contributed by atoms with E-state index in [2.05, 4.69) is 9.71 Å². The molecule has 1 heterocycles. The average molecular weight is 391 g/mol. The van der Waals surface area contributed by atoms with Crippen LogP contribution >= 0.6 is 0 Å². The van der Waals surface area contributed by atoms with Gasteiger partial charge in [0, 0.05) is 26.0 Å². The molecule has 0 aliphatic carbocycles. The number of aromatic nitrogens is 1. The Bertz CT molecular complexity index is 899. The van der Waals surface area contributed by atoms with Crippen molar-refractivity contribution in [3.05, 3.63) is 53.3 Å². The summed E-state index contributed by atoms with van der Waals surface area (Å²) in [4.78, 5) is 17.9. The molecule has 0 unspecified atom stereocenters. The Kier molecular flexibility index (Phi) is 6.92. The number of aryl methyl sites for hydroxylation is 2. The lowest BCUT2D eigenvalue weighted by Gasteiger charge is -2.18. The maximum atomic E-state index is 12.6. The van der Waals surface area contributed by atoms with Crippen LogP contribution in [0.3, 0.4) is 0 Å². The zero-order valence-corrected chi connectivity index (χ0v) is 16.8. The van der Waals surface area contributed by atoms with Crippen LogP contribution in [0.15, 0.2) is 41.6 Å². The molecule has 0 atom stereocenters. The topological polar surface area (TPSA) is 88.6 Å². The van der Waals surface area contributed by atoms with Crippen molar-refractivity contribution in [2.24, 2.45) is 0 Å². The lowest BCUT2D eigenvalue weighted by Crippen LogP contribution is -2.39. The number of likely N-dealkylation sites (N-methyl/N-ethyl adjacent to an activating group) is 1. The van der Waals surface area contributed by atoms with Gasteiger partial charge in [-0.1, -0.05) is 0 Å². The summed E-state index contributed by atoms with van der Waals surface area (Å²) in [7, 11) is -0.606. The minimum atomic E-state index is -3.80. The molecule has 0 saturated heterocycles. The van der Waals surface area contributed by atoms with Crippen LogP contribution in [0, 0.1) is 13.8 Å². The fourth-order valence-electron chi connectivity index (χ4n) is 2.61. The molecule has 0 fully saturated rings. The van der Waals surface area contributed by atoms with Crippen molar-refractivity contribution in [1.82, 2.24) is 14.6 Å². The molecule has 2 aromatic rings. The van der Waals surface area contributed by atoms with E-state index in [-0.39, 0.29) is 17.3 Å². The Morgan fingerprint density at radius 1 is 1.19 bits per heavy atom. The zero-order valence-electron chi connectivity index (χ0n) is 16.0. The number of ether oxygens (including phenoxy) is 1. The molecule has 27 heavy (non-hydrogen) atoms. The first-order valence-electron chi connectivity index (χ1n) is 8.52. The molecule has 2 rings (SSSR count). The van der Waals surface area contributed by atoms with E-state index in [4.69, 9.17) is 4.74 Å². The number of nitrogens with one attached hydrogen (secondary N) is 1. The molecule has 1 N–H and O–H groups in total. The lowest BCUT2D eigenvalue weighted by atomic mass is 10.1. The normalized spacial score (nSPS) is 11.3. The van der Waals surface area contributed by atoms with Crippen molar-refractivity contribution < 1.29 is 17.9 Å². The summed E-state index contributed by atoms with van der Waals surface area (Å²) in [5.41, 5.74) is 2.34. The Hall–Kier alpha value is -2.45.